The first-order chi connectivity index (χ1) is 9.61. The van der Waals surface area contributed by atoms with Gasteiger partial charge in [-0.1, -0.05) is 29.3 Å². The van der Waals surface area contributed by atoms with E-state index in [4.69, 9.17) is 28.2 Å². The molecule has 0 radical (unpaired) electrons. The van der Waals surface area contributed by atoms with Gasteiger partial charge in [0.1, 0.15) is 10.7 Å². The average molecular weight is 323 g/mol. The lowest BCUT2D eigenvalue weighted by molar-refractivity contribution is 1.07. The maximum absolute atomic E-state index is 6.32. The molecule has 0 bridgehead atoms. The van der Waals surface area contributed by atoms with Gasteiger partial charge in [0.05, 0.1) is 10.7 Å². The smallest absolute Gasteiger partial charge is 0.146 e. The number of halogens is 2. The molecule has 0 fully saturated rings. The van der Waals surface area contributed by atoms with Gasteiger partial charge in [0.2, 0.25) is 0 Å². The van der Waals surface area contributed by atoms with E-state index < -0.39 is 0 Å². The van der Waals surface area contributed by atoms with Crippen LogP contribution in [0.5, 0.6) is 0 Å². The Bertz CT molecular complexity index is 796. The number of imidazole rings is 1. The summed E-state index contributed by atoms with van der Waals surface area (Å²) in [6, 6.07) is 9.57. The number of fused-ring (bicyclic) bond motifs is 1. The second-order valence-electron chi connectivity index (χ2n) is 4.45. The third-order valence-corrected chi connectivity index (χ3v) is 4.58. The molecule has 3 rings (SSSR count). The Kier molecular flexibility index (Phi) is 3.67. The standard InChI is InChI=1S/C15H12Cl2N2S/c1-9-15(20-2)18-14-12(4-3-7-19(9)14)11-6-5-10(16)8-13(11)17/h3-8H,1-2H3. The van der Waals surface area contributed by atoms with E-state index >= 15 is 0 Å². The highest BCUT2D eigenvalue weighted by Crippen LogP contribution is 2.34. The zero-order valence-electron chi connectivity index (χ0n) is 11.0. The van der Waals surface area contributed by atoms with Crippen molar-refractivity contribution in [1.82, 2.24) is 9.38 Å². The molecule has 1 aromatic carbocycles. The zero-order valence-corrected chi connectivity index (χ0v) is 13.4. The van der Waals surface area contributed by atoms with Crippen molar-refractivity contribution in [3.63, 3.8) is 0 Å². The number of thioether (sulfide) groups is 1. The van der Waals surface area contributed by atoms with Crippen LogP contribution in [0.3, 0.4) is 0 Å². The van der Waals surface area contributed by atoms with Gasteiger partial charge in [0, 0.05) is 22.3 Å². The molecule has 0 N–H and O–H groups in total. The minimum Gasteiger partial charge on any atom is -0.303 e. The molecule has 0 saturated heterocycles. The average Bonchev–Trinajstić information content (AvgIpc) is 2.76. The van der Waals surface area contributed by atoms with Crippen molar-refractivity contribution in [2.45, 2.75) is 11.9 Å². The first kappa shape index (κ1) is 13.8. The van der Waals surface area contributed by atoms with Crippen molar-refractivity contribution in [2.24, 2.45) is 0 Å². The molecule has 0 atom stereocenters. The predicted octanol–water partition coefficient (Wildman–Crippen LogP) is 5.34. The summed E-state index contributed by atoms with van der Waals surface area (Å²) in [7, 11) is 0. The summed E-state index contributed by atoms with van der Waals surface area (Å²) < 4.78 is 2.09. The molecule has 0 aliphatic carbocycles. The molecule has 0 aliphatic rings. The number of nitrogens with zero attached hydrogens (tertiary/aromatic N) is 2. The number of aryl methyl sites for hydroxylation is 1. The summed E-state index contributed by atoms with van der Waals surface area (Å²) in [6.07, 6.45) is 4.05. The van der Waals surface area contributed by atoms with Gasteiger partial charge in [-0.25, -0.2) is 4.98 Å². The van der Waals surface area contributed by atoms with E-state index in [-0.39, 0.29) is 0 Å². The Morgan fingerprint density at radius 1 is 1.15 bits per heavy atom. The number of pyridine rings is 1. The van der Waals surface area contributed by atoms with Crippen molar-refractivity contribution in [3.8, 4) is 11.1 Å². The molecule has 0 saturated carbocycles. The van der Waals surface area contributed by atoms with Crippen LogP contribution in [-0.4, -0.2) is 15.6 Å². The van der Waals surface area contributed by atoms with Crippen LogP contribution in [0.1, 0.15) is 5.69 Å². The van der Waals surface area contributed by atoms with Gasteiger partial charge in [0.25, 0.3) is 0 Å². The largest absolute Gasteiger partial charge is 0.303 e. The summed E-state index contributed by atoms with van der Waals surface area (Å²) in [6.45, 7) is 2.07. The summed E-state index contributed by atoms with van der Waals surface area (Å²) in [5, 5.41) is 2.30. The fraction of sp³-hybridized carbons (Fsp3) is 0.133. The van der Waals surface area contributed by atoms with E-state index in [0.717, 1.165) is 27.5 Å². The molecule has 0 amide bonds. The molecular formula is C15H12Cl2N2S. The third kappa shape index (κ3) is 2.20. The second-order valence-corrected chi connectivity index (χ2v) is 6.08. The van der Waals surface area contributed by atoms with E-state index in [1.807, 2.05) is 36.7 Å². The highest BCUT2D eigenvalue weighted by Gasteiger charge is 2.13. The molecule has 2 aromatic heterocycles. The molecule has 5 heteroatoms. The molecular weight excluding hydrogens is 311 g/mol. The molecule has 20 heavy (non-hydrogen) atoms. The maximum Gasteiger partial charge on any atom is 0.146 e. The highest BCUT2D eigenvalue weighted by molar-refractivity contribution is 7.98. The maximum atomic E-state index is 6.32. The molecule has 102 valence electrons. The first-order valence-electron chi connectivity index (χ1n) is 6.09. The molecule has 3 aromatic rings. The Labute approximate surface area is 131 Å². The van der Waals surface area contributed by atoms with Crippen molar-refractivity contribution in [2.75, 3.05) is 6.26 Å². The van der Waals surface area contributed by atoms with E-state index in [2.05, 4.69) is 11.3 Å². The highest BCUT2D eigenvalue weighted by atomic mass is 35.5. The summed E-state index contributed by atoms with van der Waals surface area (Å²) in [5.41, 5.74) is 4.01. The Hall–Kier alpha value is -1.16. The van der Waals surface area contributed by atoms with Crippen LogP contribution in [0.4, 0.5) is 0 Å². The normalized spacial score (nSPS) is 11.2. The zero-order chi connectivity index (χ0) is 14.3. The number of hydrogen-bond acceptors (Lipinski definition) is 2. The van der Waals surface area contributed by atoms with Crippen LogP contribution in [0, 0.1) is 6.92 Å². The van der Waals surface area contributed by atoms with Crippen LogP contribution in [0.15, 0.2) is 41.6 Å². The lowest BCUT2D eigenvalue weighted by Gasteiger charge is -2.07. The SMILES string of the molecule is CSc1nc2c(-c3ccc(Cl)cc3Cl)cccn2c1C. The van der Waals surface area contributed by atoms with Crippen LogP contribution in [-0.2, 0) is 0 Å². The minimum atomic E-state index is 0.634. The van der Waals surface area contributed by atoms with Crippen LogP contribution in [0.2, 0.25) is 10.0 Å². The van der Waals surface area contributed by atoms with E-state index in [1.165, 1.54) is 0 Å². The minimum absolute atomic E-state index is 0.634. The number of aromatic nitrogens is 2. The molecule has 2 nitrogen and oxygen atoms in total. The van der Waals surface area contributed by atoms with Gasteiger partial charge >= 0.3 is 0 Å². The van der Waals surface area contributed by atoms with Crippen LogP contribution in [0.25, 0.3) is 16.8 Å². The van der Waals surface area contributed by atoms with Gasteiger partial charge in [-0.2, -0.15) is 0 Å². The van der Waals surface area contributed by atoms with Gasteiger partial charge in [-0.15, -0.1) is 11.8 Å². The number of benzene rings is 1. The summed E-state index contributed by atoms with van der Waals surface area (Å²) in [5.74, 6) is 0. The lowest BCUT2D eigenvalue weighted by atomic mass is 10.1. The molecule has 0 spiro atoms. The fourth-order valence-corrected chi connectivity index (χ4v) is 3.36. The van der Waals surface area contributed by atoms with E-state index in [1.54, 1.807) is 17.8 Å². The molecule has 0 unspecified atom stereocenters. The second kappa shape index (κ2) is 5.32. The molecule has 2 heterocycles. The first-order valence-corrected chi connectivity index (χ1v) is 8.07. The van der Waals surface area contributed by atoms with Crippen LogP contribution < -0.4 is 0 Å². The van der Waals surface area contributed by atoms with E-state index in [0.29, 0.717) is 10.0 Å². The van der Waals surface area contributed by atoms with E-state index in [9.17, 15) is 0 Å². The summed E-state index contributed by atoms with van der Waals surface area (Å²) in [4.78, 5) is 4.70. The van der Waals surface area contributed by atoms with Crippen molar-refractivity contribution in [1.29, 1.82) is 0 Å². The number of hydrogen-bond donors (Lipinski definition) is 0. The van der Waals surface area contributed by atoms with Crippen molar-refractivity contribution < 1.29 is 0 Å². The summed E-state index contributed by atoms with van der Waals surface area (Å²) >= 11 is 13.9. The third-order valence-electron chi connectivity index (χ3n) is 3.26. The topological polar surface area (TPSA) is 17.3 Å². The fourth-order valence-electron chi connectivity index (χ4n) is 2.28. The number of rotatable bonds is 2. The Morgan fingerprint density at radius 3 is 2.65 bits per heavy atom. The van der Waals surface area contributed by atoms with Gasteiger partial charge in [0.15, 0.2) is 0 Å². The Balaban J connectivity index is 2.31. The van der Waals surface area contributed by atoms with Crippen molar-refractivity contribution in [3.05, 3.63) is 52.3 Å². The monoisotopic (exact) mass is 322 g/mol. The van der Waals surface area contributed by atoms with Crippen molar-refractivity contribution >= 4 is 40.6 Å². The predicted molar refractivity (Wildman–Crippen MR) is 87.2 cm³/mol. The van der Waals surface area contributed by atoms with Gasteiger partial charge < -0.3 is 4.40 Å². The molecule has 0 aliphatic heterocycles. The van der Waals surface area contributed by atoms with Crippen LogP contribution >= 0.6 is 35.0 Å². The Morgan fingerprint density at radius 2 is 1.95 bits per heavy atom. The van der Waals surface area contributed by atoms with Gasteiger partial charge in [-0.3, -0.25) is 0 Å². The quantitative estimate of drug-likeness (QED) is 0.592. The lowest BCUT2D eigenvalue weighted by Crippen LogP contribution is -1.90. The van der Waals surface area contributed by atoms with Gasteiger partial charge in [-0.05, 0) is 37.4 Å².